The summed E-state index contributed by atoms with van der Waals surface area (Å²) in [5.41, 5.74) is 3.89. The van der Waals surface area contributed by atoms with Gasteiger partial charge in [-0.15, -0.1) is 0 Å². The van der Waals surface area contributed by atoms with Gasteiger partial charge in [-0.25, -0.2) is 4.98 Å². The highest BCUT2D eigenvalue weighted by atomic mass is 16.5. The molecule has 0 aliphatic rings. The normalized spacial score (nSPS) is 11.8. The van der Waals surface area contributed by atoms with Gasteiger partial charge in [0, 0.05) is 12.1 Å². The highest BCUT2D eigenvalue weighted by Gasteiger charge is 2.28. The zero-order valence-corrected chi connectivity index (χ0v) is 23.8. The van der Waals surface area contributed by atoms with Crippen LogP contribution in [0.4, 0.5) is 0 Å². The van der Waals surface area contributed by atoms with Crippen molar-refractivity contribution in [3.8, 4) is 11.4 Å². The molecule has 6 nitrogen and oxygen atoms in total. The van der Waals surface area contributed by atoms with Crippen molar-refractivity contribution in [3.63, 3.8) is 0 Å². The second-order valence-corrected chi connectivity index (χ2v) is 9.99. The first-order valence-corrected chi connectivity index (χ1v) is 14.2. The van der Waals surface area contributed by atoms with Crippen LogP contribution in [0.5, 0.6) is 5.75 Å². The van der Waals surface area contributed by atoms with Crippen LogP contribution in [0, 0.1) is 0 Å². The summed E-state index contributed by atoms with van der Waals surface area (Å²) in [7, 11) is 0. The number of para-hydroxylation sites is 3. The lowest BCUT2D eigenvalue weighted by Crippen LogP contribution is -2.38. The summed E-state index contributed by atoms with van der Waals surface area (Å²) < 4.78 is 7.54. The third-order valence-corrected chi connectivity index (χ3v) is 7.40. The molecule has 1 amide bonds. The first kappa shape index (κ1) is 27.8. The minimum absolute atomic E-state index is 0.108. The van der Waals surface area contributed by atoms with E-state index in [1.54, 1.807) is 10.6 Å². The van der Waals surface area contributed by atoms with Crippen molar-refractivity contribution in [2.75, 3.05) is 13.2 Å². The van der Waals surface area contributed by atoms with Crippen molar-refractivity contribution >= 4 is 16.8 Å². The highest BCUT2D eigenvalue weighted by Crippen LogP contribution is 2.29. The highest BCUT2D eigenvalue weighted by molar-refractivity contribution is 5.94. The number of carbonyl (C=O) groups excluding carboxylic acids is 1. The van der Waals surface area contributed by atoms with Gasteiger partial charge in [-0.3, -0.25) is 14.2 Å². The minimum Gasteiger partial charge on any atom is -0.492 e. The van der Waals surface area contributed by atoms with Crippen molar-refractivity contribution in [3.05, 3.63) is 136 Å². The van der Waals surface area contributed by atoms with E-state index in [2.05, 4.69) is 19.1 Å². The number of ether oxygens (including phenoxy) is 1. The number of hydrogen-bond donors (Lipinski definition) is 0. The van der Waals surface area contributed by atoms with Crippen LogP contribution in [0.3, 0.4) is 0 Å². The number of aromatic nitrogens is 2. The molecule has 0 saturated heterocycles. The van der Waals surface area contributed by atoms with Crippen LogP contribution in [-0.2, 0) is 12.8 Å². The van der Waals surface area contributed by atoms with Crippen molar-refractivity contribution in [2.45, 2.75) is 39.7 Å². The molecular formula is C35H35N3O3. The molecule has 1 heterocycles. The molecule has 1 unspecified atom stereocenters. The van der Waals surface area contributed by atoms with Gasteiger partial charge in [0.1, 0.15) is 11.6 Å². The third kappa shape index (κ3) is 5.92. The summed E-state index contributed by atoms with van der Waals surface area (Å²) in [4.78, 5) is 35.0. The molecular weight excluding hydrogens is 510 g/mol. The Hall–Kier alpha value is -4.71. The van der Waals surface area contributed by atoms with Crippen LogP contribution in [0.15, 0.2) is 108 Å². The van der Waals surface area contributed by atoms with Gasteiger partial charge in [0.15, 0.2) is 0 Å². The molecule has 1 aromatic heterocycles. The van der Waals surface area contributed by atoms with Crippen molar-refractivity contribution in [1.29, 1.82) is 0 Å². The van der Waals surface area contributed by atoms with E-state index in [1.807, 2.05) is 104 Å². The molecule has 1 atom stereocenters. The standard InChI is InChI=1S/C35H35N3O3/c1-4-26-19-21-28(22-20-26)34(39)37(24-23-27-13-7-6-8-14-27)25(3)33-36-30-16-10-9-15-29(30)35(40)38(33)31-17-11-12-18-32(31)41-5-2/h6-22,25H,4-5,23-24H2,1-3H3. The molecule has 0 N–H and O–H groups in total. The summed E-state index contributed by atoms with van der Waals surface area (Å²) in [6, 6.07) is 32.1. The minimum atomic E-state index is -0.524. The lowest BCUT2D eigenvalue weighted by atomic mass is 10.1. The van der Waals surface area contributed by atoms with Crippen LogP contribution in [0.2, 0.25) is 0 Å². The average Bonchev–Trinajstić information content (AvgIpc) is 3.02. The number of aryl methyl sites for hydroxylation is 1. The van der Waals surface area contributed by atoms with Gasteiger partial charge in [-0.1, -0.05) is 73.7 Å². The summed E-state index contributed by atoms with van der Waals surface area (Å²) in [5, 5.41) is 0.507. The fraction of sp³-hybridized carbons (Fsp3) is 0.229. The first-order valence-electron chi connectivity index (χ1n) is 14.2. The molecule has 5 aromatic rings. The molecule has 0 radical (unpaired) electrons. The zero-order chi connectivity index (χ0) is 28.8. The Bertz CT molecular complexity index is 1690. The predicted molar refractivity (Wildman–Crippen MR) is 164 cm³/mol. The van der Waals surface area contributed by atoms with Crippen LogP contribution in [0.25, 0.3) is 16.6 Å². The Morgan fingerprint density at radius 2 is 1.54 bits per heavy atom. The Morgan fingerprint density at radius 1 is 0.854 bits per heavy atom. The summed E-state index contributed by atoms with van der Waals surface area (Å²) >= 11 is 0. The molecule has 0 aliphatic carbocycles. The van der Waals surface area contributed by atoms with Crippen molar-refractivity contribution in [1.82, 2.24) is 14.5 Å². The number of fused-ring (bicyclic) bond motifs is 1. The fourth-order valence-electron chi connectivity index (χ4n) is 5.14. The number of nitrogens with zero attached hydrogens (tertiary/aromatic N) is 3. The lowest BCUT2D eigenvalue weighted by molar-refractivity contribution is 0.0683. The maximum atomic E-state index is 14.1. The Morgan fingerprint density at radius 3 is 2.27 bits per heavy atom. The molecule has 0 fully saturated rings. The summed E-state index contributed by atoms with van der Waals surface area (Å²) in [6.07, 6.45) is 1.56. The van der Waals surface area contributed by atoms with E-state index >= 15 is 0 Å². The van der Waals surface area contributed by atoms with Gasteiger partial charge in [-0.2, -0.15) is 0 Å². The second-order valence-electron chi connectivity index (χ2n) is 9.99. The van der Waals surface area contributed by atoms with Gasteiger partial charge in [0.05, 0.1) is 29.2 Å². The number of amides is 1. The number of hydrogen-bond acceptors (Lipinski definition) is 4. The smallest absolute Gasteiger partial charge is 0.266 e. The number of carbonyl (C=O) groups is 1. The van der Waals surface area contributed by atoms with Gasteiger partial charge >= 0.3 is 0 Å². The second kappa shape index (κ2) is 12.6. The van der Waals surface area contributed by atoms with E-state index in [0.717, 1.165) is 12.0 Å². The summed E-state index contributed by atoms with van der Waals surface area (Å²) in [5.74, 6) is 0.954. The maximum absolute atomic E-state index is 14.1. The van der Waals surface area contributed by atoms with Gasteiger partial charge in [0.2, 0.25) is 0 Å². The van der Waals surface area contributed by atoms with Crippen molar-refractivity contribution in [2.24, 2.45) is 0 Å². The fourth-order valence-corrected chi connectivity index (χ4v) is 5.14. The predicted octanol–water partition coefficient (Wildman–Crippen LogP) is 6.79. The topological polar surface area (TPSA) is 64.4 Å². The average molecular weight is 546 g/mol. The van der Waals surface area contributed by atoms with E-state index < -0.39 is 6.04 Å². The van der Waals surface area contributed by atoms with Gasteiger partial charge < -0.3 is 9.64 Å². The molecule has 6 heteroatoms. The molecule has 0 bridgehead atoms. The van der Waals surface area contributed by atoms with E-state index in [0.29, 0.717) is 53.3 Å². The molecule has 41 heavy (non-hydrogen) atoms. The van der Waals surface area contributed by atoms with Gasteiger partial charge in [0.25, 0.3) is 11.5 Å². The lowest BCUT2D eigenvalue weighted by Gasteiger charge is -2.31. The molecule has 5 rings (SSSR count). The zero-order valence-electron chi connectivity index (χ0n) is 23.8. The third-order valence-electron chi connectivity index (χ3n) is 7.40. The monoisotopic (exact) mass is 545 g/mol. The van der Waals surface area contributed by atoms with E-state index in [4.69, 9.17) is 9.72 Å². The Kier molecular flexibility index (Phi) is 8.59. The Labute approximate surface area is 240 Å². The largest absolute Gasteiger partial charge is 0.492 e. The van der Waals surface area contributed by atoms with E-state index in [1.165, 1.54) is 5.56 Å². The van der Waals surface area contributed by atoms with Crippen LogP contribution < -0.4 is 10.3 Å². The van der Waals surface area contributed by atoms with Crippen molar-refractivity contribution < 1.29 is 9.53 Å². The van der Waals surface area contributed by atoms with E-state index in [9.17, 15) is 9.59 Å². The Balaban J connectivity index is 1.66. The van der Waals surface area contributed by atoms with Crippen LogP contribution in [0.1, 0.15) is 54.1 Å². The quantitative estimate of drug-likeness (QED) is 0.194. The molecule has 0 aliphatic heterocycles. The maximum Gasteiger partial charge on any atom is 0.266 e. The summed E-state index contributed by atoms with van der Waals surface area (Å²) in [6.45, 7) is 6.85. The van der Waals surface area contributed by atoms with Crippen LogP contribution in [-0.4, -0.2) is 33.5 Å². The molecule has 208 valence electrons. The molecule has 0 saturated carbocycles. The first-order chi connectivity index (χ1) is 20.0. The number of benzene rings is 4. The molecule has 4 aromatic carbocycles. The van der Waals surface area contributed by atoms with Crippen LogP contribution >= 0.6 is 0 Å². The van der Waals surface area contributed by atoms with E-state index in [-0.39, 0.29) is 11.5 Å². The molecule has 0 spiro atoms. The van der Waals surface area contributed by atoms with Gasteiger partial charge in [-0.05, 0) is 74.2 Å². The SMILES string of the molecule is CCOc1ccccc1-n1c(C(C)N(CCc2ccccc2)C(=O)c2ccc(CC)cc2)nc2ccccc2c1=O. The number of rotatable bonds is 10.